The number of piperidine rings is 1. The Balaban J connectivity index is 1.73. The van der Waals surface area contributed by atoms with E-state index < -0.39 is 10.0 Å². The topological polar surface area (TPSA) is 79.4 Å². The van der Waals surface area contributed by atoms with Crippen molar-refractivity contribution in [3.63, 3.8) is 0 Å². The van der Waals surface area contributed by atoms with Crippen molar-refractivity contribution in [2.24, 2.45) is 5.92 Å². The first-order valence-corrected chi connectivity index (χ1v) is 10.2. The van der Waals surface area contributed by atoms with Crippen LogP contribution in [0, 0.1) is 12.8 Å². The van der Waals surface area contributed by atoms with E-state index in [1.807, 2.05) is 6.92 Å². The van der Waals surface area contributed by atoms with E-state index in [0.717, 1.165) is 23.4 Å². The highest BCUT2D eigenvalue weighted by atomic mass is 32.2. The first-order chi connectivity index (χ1) is 10.4. The highest BCUT2D eigenvalue weighted by molar-refractivity contribution is 7.88. The van der Waals surface area contributed by atoms with Crippen LogP contribution in [0.1, 0.15) is 29.8 Å². The van der Waals surface area contributed by atoms with E-state index in [1.165, 1.54) is 10.6 Å². The number of nitrogens with zero attached hydrogens (tertiary/aromatic N) is 2. The summed E-state index contributed by atoms with van der Waals surface area (Å²) in [5.74, 6) is 0.224. The van der Waals surface area contributed by atoms with Gasteiger partial charge in [-0.3, -0.25) is 4.79 Å². The minimum absolute atomic E-state index is 0.0179. The fraction of sp³-hybridized carbons (Fsp3) is 0.714. The molecule has 0 unspecified atom stereocenters. The lowest BCUT2D eigenvalue weighted by Crippen LogP contribution is -2.43. The molecule has 1 aliphatic rings. The van der Waals surface area contributed by atoms with Crippen LogP contribution in [-0.4, -0.2) is 49.5 Å². The third kappa shape index (κ3) is 5.03. The van der Waals surface area contributed by atoms with Gasteiger partial charge in [-0.15, -0.1) is 11.3 Å². The van der Waals surface area contributed by atoms with Gasteiger partial charge in [-0.25, -0.2) is 17.7 Å². The third-order valence-corrected chi connectivity index (χ3v) is 6.23. The molecule has 8 heteroatoms. The van der Waals surface area contributed by atoms with Crippen LogP contribution in [-0.2, 0) is 21.2 Å². The molecule has 0 spiro atoms. The minimum atomic E-state index is -3.13. The molecular weight excluding hydrogens is 322 g/mol. The SMILES string of the molecule is Cc1ncsc1CCC(=O)NC[C@@H]1CCCN(S(C)(=O)=O)C1. The van der Waals surface area contributed by atoms with Gasteiger partial charge in [0.15, 0.2) is 0 Å². The van der Waals surface area contributed by atoms with E-state index in [2.05, 4.69) is 10.3 Å². The summed E-state index contributed by atoms with van der Waals surface area (Å²) in [6.45, 7) is 3.60. The number of aromatic nitrogens is 1. The van der Waals surface area contributed by atoms with Crippen molar-refractivity contribution in [1.82, 2.24) is 14.6 Å². The lowest BCUT2D eigenvalue weighted by atomic mass is 9.99. The van der Waals surface area contributed by atoms with Gasteiger partial charge < -0.3 is 5.32 Å². The Kier molecular flexibility index (Phi) is 5.94. The Morgan fingerprint density at radius 1 is 1.55 bits per heavy atom. The van der Waals surface area contributed by atoms with Gasteiger partial charge in [-0.05, 0) is 32.1 Å². The zero-order chi connectivity index (χ0) is 16.2. The highest BCUT2D eigenvalue weighted by Gasteiger charge is 2.25. The Bertz CT molecular complexity index is 613. The average Bonchev–Trinajstić information content (AvgIpc) is 2.88. The fourth-order valence-electron chi connectivity index (χ4n) is 2.63. The van der Waals surface area contributed by atoms with Crippen molar-refractivity contribution < 1.29 is 13.2 Å². The average molecular weight is 345 g/mol. The first kappa shape index (κ1) is 17.4. The van der Waals surface area contributed by atoms with Crippen LogP contribution in [0.5, 0.6) is 0 Å². The van der Waals surface area contributed by atoms with Crippen LogP contribution >= 0.6 is 11.3 Å². The van der Waals surface area contributed by atoms with E-state index in [1.54, 1.807) is 16.8 Å². The summed E-state index contributed by atoms with van der Waals surface area (Å²) < 4.78 is 24.6. The molecule has 1 amide bonds. The number of thiazole rings is 1. The maximum absolute atomic E-state index is 11.9. The molecule has 0 saturated carbocycles. The number of sulfonamides is 1. The number of hydrogen-bond donors (Lipinski definition) is 1. The second kappa shape index (κ2) is 7.52. The number of carbonyl (C=O) groups is 1. The van der Waals surface area contributed by atoms with Crippen molar-refractivity contribution in [2.45, 2.75) is 32.6 Å². The standard InChI is InChI=1S/C14H23N3O3S2/c1-11-13(21-10-16-11)5-6-14(18)15-8-12-4-3-7-17(9-12)22(2,19)20/h10,12H,3-9H2,1-2H3,(H,15,18)/t12-/m0/s1. The van der Waals surface area contributed by atoms with Crippen molar-refractivity contribution in [1.29, 1.82) is 0 Å². The third-order valence-electron chi connectivity index (χ3n) is 3.96. The molecule has 1 fully saturated rings. The van der Waals surface area contributed by atoms with Gasteiger partial charge in [0.1, 0.15) is 0 Å². The summed E-state index contributed by atoms with van der Waals surface area (Å²) in [6, 6.07) is 0. The van der Waals surface area contributed by atoms with Crippen LogP contribution in [0.3, 0.4) is 0 Å². The summed E-state index contributed by atoms with van der Waals surface area (Å²) in [5.41, 5.74) is 2.79. The summed E-state index contributed by atoms with van der Waals surface area (Å²) in [6.07, 6.45) is 4.22. The van der Waals surface area contributed by atoms with Gasteiger partial charge in [0.25, 0.3) is 0 Å². The smallest absolute Gasteiger partial charge is 0.220 e. The van der Waals surface area contributed by atoms with Gasteiger partial charge in [0.05, 0.1) is 17.5 Å². The molecule has 2 rings (SSSR count). The van der Waals surface area contributed by atoms with Crippen molar-refractivity contribution >= 4 is 27.3 Å². The van der Waals surface area contributed by atoms with E-state index in [4.69, 9.17) is 0 Å². The first-order valence-electron chi connectivity index (χ1n) is 7.47. The van der Waals surface area contributed by atoms with E-state index in [9.17, 15) is 13.2 Å². The Morgan fingerprint density at radius 3 is 2.95 bits per heavy atom. The second-order valence-corrected chi connectivity index (χ2v) is 8.72. The molecule has 1 atom stereocenters. The van der Waals surface area contributed by atoms with Gasteiger partial charge in [-0.1, -0.05) is 0 Å². The van der Waals surface area contributed by atoms with Crippen LogP contribution in [0.4, 0.5) is 0 Å². The molecule has 1 aliphatic heterocycles. The van der Waals surface area contributed by atoms with Crippen molar-refractivity contribution in [3.05, 3.63) is 16.1 Å². The molecule has 22 heavy (non-hydrogen) atoms. The highest BCUT2D eigenvalue weighted by Crippen LogP contribution is 2.18. The van der Waals surface area contributed by atoms with Gasteiger partial charge in [0.2, 0.25) is 15.9 Å². The van der Waals surface area contributed by atoms with E-state index >= 15 is 0 Å². The summed E-state index contributed by atoms with van der Waals surface area (Å²) in [7, 11) is -3.13. The largest absolute Gasteiger partial charge is 0.356 e. The predicted molar refractivity (Wildman–Crippen MR) is 87.3 cm³/mol. The number of aryl methyl sites for hydroxylation is 2. The Morgan fingerprint density at radius 2 is 2.32 bits per heavy atom. The summed E-state index contributed by atoms with van der Waals surface area (Å²) in [5, 5.41) is 2.93. The lowest BCUT2D eigenvalue weighted by molar-refractivity contribution is -0.121. The number of hydrogen-bond acceptors (Lipinski definition) is 5. The Hall–Kier alpha value is -0.990. The fourth-order valence-corrected chi connectivity index (χ4v) is 4.36. The number of amides is 1. The van der Waals surface area contributed by atoms with Crippen LogP contribution in [0.15, 0.2) is 5.51 Å². The zero-order valence-corrected chi connectivity index (χ0v) is 14.7. The second-order valence-electron chi connectivity index (χ2n) is 5.79. The van der Waals surface area contributed by atoms with Crippen molar-refractivity contribution in [2.75, 3.05) is 25.9 Å². The van der Waals surface area contributed by atoms with Gasteiger partial charge >= 0.3 is 0 Å². The molecule has 1 saturated heterocycles. The molecule has 1 N–H and O–H groups in total. The molecule has 2 heterocycles. The lowest BCUT2D eigenvalue weighted by Gasteiger charge is -2.30. The quantitative estimate of drug-likeness (QED) is 0.839. The molecule has 0 bridgehead atoms. The molecule has 6 nitrogen and oxygen atoms in total. The zero-order valence-electron chi connectivity index (χ0n) is 13.0. The minimum Gasteiger partial charge on any atom is -0.356 e. The molecule has 1 aromatic rings. The van der Waals surface area contributed by atoms with E-state index in [0.29, 0.717) is 32.5 Å². The summed E-state index contributed by atoms with van der Waals surface area (Å²) >= 11 is 1.58. The van der Waals surface area contributed by atoms with Crippen LogP contribution in [0.2, 0.25) is 0 Å². The number of carbonyl (C=O) groups excluding carboxylic acids is 1. The predicted octanol–water partition coefficient (Wildman–Crippen LogP) is 1.17. The summed E-state index contributed by atoms with van der Waals surface area (Å²) in [4.78, 5) is 17.2. The number of rotatable bonds is 6. The van der Waals surface area contributed by atoms with Crippen LogP contribution < -0.4 is 5.32 Å². The molecule has 0 aliphatic carbocycles. The maximum atomic E-state index is 11.9. The van der Waals surface area contributed by atoms with Crippen molar-refractivity contribution in [3.8, 4) is 0 Å². The van der Waals surface area contributed by atoms with Crippen LogP contribution in [0.25, 0.3) is 0 Å². The monoisotopic (exact) mass is 345 g/mol. The van der Waals surface area contributed by atoms with Gasteiger partial charge in [0, 0.05) is 30.9 Å². The molecule has 124 valence electrons. The molecule has 0 aromatic carbocycles. The van der Waals surface area contributed by atoms with Gasteiger partial charge in [-0.2, -0.15) is 0 Å². The molecule has 0 radical (unpaired) electrons. The molecular formula is C14H23N3O3S2. The number of nitrogens with one attached hydrogen (secondary N) is 1. The van der Waals surface area contributed by atoms with E-state index in [-0.39, 0.29) is 11.8 Å². The maximum Gasteiger partial charge on any atom is 0.220 e. The Labute approximate surface area is 136 Å². The molecule has 1 aromatic heterocycles. The normalized spacial score (nSPS) is 20.0.